The van der Waals surface area contributed by atoms with Gasteiger partial charge in [0.1, 0.15) is 30.2 Å². The zero-order valence-corrected chi connectivity index (χ0v) is 15.7. The molecule has 3 N–H and O–H groups in total. The summed E-state index contributed by atoms with van der Waals surface area (Å²) in [6.07, 6.45) is -5.20. The summed E-state index contributed by atoms with van der Waals surface area (Å²) in [5.74, 6) is 0.731. The lowest BCUT2D eigenvalue weighted by Crippen LogP contribution is -2.60. The molecule has 0 aliphatic carbocycles. The van der Waals surface area contributed by atoms with Crippen molar-refractivity contribution in [3.63, 3.8) is 0 Å². The molecule has 28 heavy (non-hydrogen) atoms. The maximum absolute atomic E-state index is 10.6. The molecule has 0 spiro atoms. The van der Waals surface area contributed by atoms with Crippen LogP contribution in [-0.2, 0) is 27.4 Å². The molecule has 7 nitrogen and oxygen atoms in total. The minimum atomic E-state index is -1.33. The molecule has 0 bridgehead atoms. The van der Waals surface area contributed by atoms with Crippen LogP contribution in [0.5, 0.6) is 5.75 Å². The second-order valence-electron chi connectivity index (χ2n) is 6.62. The third kappa shape index (κ3) is 5.08. The van der Waals surface area contributed by atoms with Crippen molar-refractivity contribution in [2.24, 2.45) is 0 Å². The Bertz CT molecular complexity index is 706. The summed E-state index contributed by atoms with van der Waals surface area (Å²) in [6, 6.07) is 16.8. The fourth-order valence-corrected chi connectivity index (χ4v) is 3.11. The van der Waals surface area contributed by atoms with E-state index in [4.69, 9.17) is 18.9 Å². The van der Waals surface area contributed by atoms with E-state index in [2.05, 4.69) is 0 Å². The van der Waals surface area contributed by atoms with Gasteiger partial charge in [-0.1, -0.05) is 42.5 Å². The van der Waals surface area contributed by atoms with E-state index < -0.39 is 37.3 Å². The van der Waals surface area contributed by atoms with E-state index in [1.165, 1.54) is 0 Å². The van der Waals surface area contributed by atoms with Gasteiger partial charge in [0.2, 0.25) is 0 Å². The number of ether oxygens (including phenoxy) is 4. The minimum Gasteiger partial charge on any atom is -0.497 e. The van der Waals surface area contributed by atoms with Crippen molar-refractivity contribution in [3.05, 3.63) is 65.7 Å². The van der Waals surface area contributed by atoms with E-state index in [1.807, 2.05) is 54.6 Å². The van der Waals surface area contributed by atoms with Gasteiger partial charge >= 0.3 is 0 Å². The summed E-state index contributed by atoms with van der Waals surface area (Å²) >= 11 is 0. The monoisotopic (exact) mass is 390 g/mol. The number of methoxy groups -OCH3 is 1. The average molecular weight is 390 g/mol. The molecule has 1 saturated heterocycles. The van der Waals surface area contributed by atoms with Gasteiger partial charge in [0, 0.05) is 0 Å². The Morgan fingerprint density at radius 2 is 1.46 bits per heavy atom. The summed E-state index contributed by atoms with van der Waals surface area (Å²) in [7, 11) is 1.59. The lowest BCUT2D eigenvalue weighted by atomic mass is 9.98. The van der Waals surface area contributed by atoms with Gasteiger partial charge in [-0.05, 0) is 23.3 Å². The minimum absolute atomic E-state index is 0.196. The average Bonchev–Trinajstić information content (AvgIpc) is 2.74. The highest BCUT2D eigenvalue weighted by molar-refractivity contribution is 5.26. The Balaban J connectivity index is 1.69. The van der Waals surface area contributed by atoms with Crippen molar-refractivity contribution in [2.45, 2.75) is 43.9 Å². The van der Waals surface area contributed by atoms with E-state index in [0.717, 1.165) is 16.9 Å². The summed E-state index contributed by atoms with van der Waals surface area (Å²) < 4.78 is 22.1. The summed E-state index contributed by atoms with van der Waals surface area (Å²) in [6.45, 7) is -0.0152. The number of benzene rings is 2. The predicted molar refractivity (Wildman–Crippen MR) is 101 cm³/mol. The van der Waals surface area contributed by atoms with Gasteiger partial charge in [0.25, 0.3) is 0 Å². The predicted octanol–water partition coefficient (Wildman–Crippen LogP) is 1.24. The largest absolute Gasteiger partial charge is 0.497 e. The molecule has 152 valence electrons. The number of hydrogen-bond acceptors (Lipinski definition) is 7. The fourth-order valence-electron chi connectivity index (χ4n) is 3.11. The van der Waals surface area contributed by atoms with Crippen LogP contribution < -0.4 is 4.74 Å². The molecule has 0 aromatic heterocycles. The van der Waals surface area contributed by atoms with Crippen LogP contribution in [0.4, 0.5) is 0 Å². The first-order valence-corrected chi connectivity index (χ1v) is 9.15. The van der Waals surface area contributed by atoms with Crippen molar-refractivity contribution in [1.82, 2.24) is 0 Å². The summed E-state index contributed by atoms with van der Waals surface area (Å²) in [4.78, 5) is 0. The third-order valence-electron chi connectivity index (χ3n) is 4.70. The van der Waals surface area contributed by atoms with Crippen LogP contribution in [0, 0.1) is 0 Å². The smallest absolute Gasteiger partial charge is 0.184 e. The quantitative estimate of drug-likeness (QED) is 0.624. The van der Waals surface area contributed by atoms with Crippen LogP contribution in [-0.4, -0.2) is 59.7 Å². The molecule has 2 aromatic carbocycles. The molecule has 0 amide bonds. The van der Waals surface area contributed by atoms with E-state index in [9.17, 15) is 15.3 Å². The normalized spacial score (nSPS) is 27.5. The highest BCUT2D eigenvalue weighted by Gasteiger charge is 2.46. The zero-order chi connectivity index (χ0) is 19.9. The first kappa shape index (κ1) is 20.7. The van der Waals surface area contributed by atoms with Crippen molar-refractivity contribution < 1.29 is 34.3 Å². The molecule has 1 aliphatic heterocycles. The molecule has 7 heteroatoms. The molecule has 0 unspecified atom stereocenters. The van der Waals surface area contributed by atoms with Crippen molar-refractivity contribution in [1.29, 1.82) is 0 Å². The molecule has 1 aliphatic rings. The topological polar surface area (TPSA) is 97.6 Å². The highest BCUT2D eigenvalue weighted by Crippen LogP contribution is 2.26. The van der Waals surface area contributed by atoms with Gasteiger partial charge in [-0.3, -0.25) is 0 Å². The molecular formula is C21H26O7. The number of rotatable bonds is 8. The Morgan fingerprint density at radius 1 is 0.857 bits per heavy atom. The maximum atomic E-state index is 10.6. The van der Waals surface area contributed by atoms with Crippen molar-refractivity contribution >= 4 is 0 Å². The first-order valence-electron chi connectivity index (χ1n) is 9.15. The SMILES string of the molecule is COc1ccc(CO[C@H]2[C@H](O)[C@@H](CO)O[C@@H](O)[C@H]2OCc2ccccc2)cc1. The second kappa shape index (κ2) is 9.97. The molecule has 2 aromatic rings. The molecule has 0 radical (unpaired) electrons. The molecule has 5 atom stereocenters. The molecular weight excluding hydrogens is 364 g/mol. The van der Waals surface area contributed by atoms with Gasteiger partial charge in [-0.15, -0.1) is 0 Å². The molecule has 0 saturated carbocycles. The van der Waals surface area contributed by atoms with Crippen LogP contribution in [0.2, 0.25) is 0 Å². The number of aliphatic hydroxyl groups is 3. The highest BCUT2D eigenvalue weighted by atomic mass is 16.7. The van der Waals surface area contributed by atoms with Crippen LogP contribution in [0.25, 0.3) is 0 Å². The van der Waals surface area contributed by atoms with Gasteiger partial charge in [-0.2, -0.15) is 0 Å². The van der Waals surface area contributed by atoms with E-state index in [0.29, 0.717) is 0 Å². The zero-order valence-electron chi connectivity index (χ0n) is 15.7. The van der Waals surface area contributed by atoms with E-state index in [-0.39, 0.29) is 13.2 Å². The maximum Gasteiger partial charge on any atom is 0.184 e. The fraction of sp³-hybridized carbons (Fsp3) is 0.429. The molecule has 1 heterocycles. The number of hydrogen-bond donors (Lipinski definition) is 3. The molecule has 1 fully saturated rings. The Labute approximate surface area is 164 Å². The summed E-state index contributed by atoms with van der Waals surface area (Å²) in [5.41, 5.74) is 1.79. The first-order chi connectivity index (χ1) is 13.6. The Hall–Kier alpha value is -2.00. The van der Waals surface area contributed by atoms with Crippen LogP contribution in [0.3, 0.4) is 0 Å². The van der Waals surface area contributed by atoms with Crippen LogP contribution in [0.1, 0.15) is 11.1 Å². The standard InChI is InChI=1S/C21H26O7/c1-25-16-9-7-15(8-10-16)13-26-19-18(23)17(11-22)28-21(24)20(19)27-12-14-5-3-2-4-6-14/h2-10,17-24H,11-13H2,1H3/t17-,18-,19+,20+,21-/m1/s1. The Morgan fingerprint density at radius 3 is 2.07 bits per heavy atom. The van der Waals surface area contributed by atoms with Crippen molar-refractivity contribution in [2.75, 3.05) is 13.7 Å². The second-order valence-corrected chi connectivity index (χ2v) is 6.62. The van der Waals surface area contributed by atoms with E-state index in [1.54, 1.807) is 7.11 Å². The third-order valence-corrected chi connectivity index (χ3v) is 4.70. The lowest BCUT2D eigenvalue weighted by Gasteiger charge is -2.42. The van der Waals surface area contributed by atoms with E-state index >= 15 is 0 Å². The van der Waals surface area contributed by atoms with Crippen LogP contribution >= 0.6 is 0 Å². The van der Waals surface area contributed by atoms with Crippen molar-refractivity contribution in [3.8, 4) is 5.75 Å². The van der Waals surface area contributed by atoms with Crippen LogP contribution in [0.15, 0.2) is 54.6 Å². The number of aliphatic hydroxyl groups excluding tert-OH is 3. The van der Waals surface area contributed by atoms with Gasteiger partial charge < -0.3 is 34.3 Å². The Kier molecular flexibility index (Phi) is 7.38. The summed E-state index contributed by atoms with van der Waals surface area (Å²) in [5, 5.41) is 30.3. The molecule has 3 rings (SSSR count). The van der Waals surface area contributed by atoms with Gasteiger partial charge in [0.15, 0.2) is 6.29 Å². The van der Waals surface area contributed by atoms with Gasteiger partial charge in [-0.25, -0.2) is 0 Å². The van der Waals surface area contributed by atoms with Gasteiger partial charge in [0.05, 0.1) is 26.9 Å². The lowest BCUT2D eigenvalue weighted by molar-refractivity contribution is -0.307.